The van der Waals surface area contributed by atoms with Gasteiger partial charge in [-0.3, -0.25) is 9.48 Å². The van der Waals surface area contributed by atoms with Crippen LogP contribution in [-0.4, -0.2) is 34.3 Å². The molecular formula is C11H20N4O. The minimum atomic E-state index is 0.0299. The molecule has 0 aliphatic rings. The highest BCUT2D eigenvalue weighted by molar-refractivity contribution is 5.78. The number of carbonyl (C=O) groups is 1. The zero-order valence-electron chi connectivity index (χ0n) is 10.1. The van der Waals surface area contributed by atoms with E-state index in [0.717, 1.165) is 6.54 Å². The zero-order valence-corrected chi connectivity index (χ0v) is 10.1. The summed E-state index contributed by atoms with van der Waals surface area (Å²) in [5.41, 5.74) is 0. The number of carbonyl (C=O) groups excluding carboxylic acids is 1. The normalized spacial score (nSPS) is 12.8. The molecule has 0 bridgehead atoms. The molecule has 1 heterocycles. The van der Waals surface area contributed by atoms with Gasteiger partial charge in [0.05, 0.1) is 13.1 Å². The summed E-state index contributed by atoms with van der Waals surface area (Å²) in [6.07, 6.45) is 3.66. The molecule has 1 atom stereocenters. The van der Waals surface area contributed by atoms with E-state index in [1.165, 1.54) is 0 Å². The molecule has 1 rings (SSSR count). The van der Waals surface area contributed by atoms with E-state index in [2.05, 4.69) is 15.7 Å². The van der Waals surface area contributed by atoms with E-state index in [4.69, 9.17) is 0 Å². The molecule has 2 N–H and O–H groups in total. The standard InChI is InChI=1S/C11H20N4O/c1-9(2)14-11(16)7-12-10(3)8-15-6-4-5-13-15/h4-6,9-10,12H,7-8H2,1-3H3,(H,14,16). The van der Waals surface area contributed by atoms with Crippen molar-refractivity contribution in [3.8, 4) is 0 Å². The summed E-state index contributed by atoms with van der Waals surface area (Å²) in [6.45, 7) is 7.04. The fraction of sp³-hybridized carbons (Fsp3) is 0.636. The largest absolute Gasteiger partial charge is 0.353 e. The Hall–Kier alpha value is -1.36. The first-order valence-corrected chi connectivity index (χ1v) is 5.58. The van der Waals surface area contributed by atoms with Crippen LogP contribution in [0, 0.1) is 0 Å². The van der Waals surface area contributed by atoms with E-state index in [1.807, 2.05) is 37.7 Å². The fourth-order valence-electron chi connectivity index (χ4n) is 1.39. The molecule has 1 aromatic heterocycles. The van der Waals surface area contributed by atoms with Crippen molar-refractivity contribution < 1.29 is 4.79 Å². The lowest BCUT2D eigenvalue weighted by Crippen LogP contribution is -2.41. The average molecular weight is 224 g/mol. The minimum absolute atomic E-state index is 0.0299. The number of rotatable bonds is 6. The summed E-state index contributed by atoms with van der Waals surface area (Å²) in [5.74, 6) is 0.0299. The second kappa shape index (κ2) is 6.27. The van der Waals surface area contributed by atoms with E-state index in [0.29, 0.717) is 6.54 Å². The lowest BCUT2D eigenvalue weighted by atomic mass is 10.3. The Bertz CT molecular complexity index is 308. The van der Waals surface area contributed by atoms with Gasteiger partial charge in [0, 0.05) is 24.5 Å². The van der Waals surface area contributed by atoms with E-state index in [1.54, 1.807) is 6.20 Å². The third-order valence-electron chi connectivity index (χ3n) is 2.08. The second-order valence-corrected chi connectivity index (χ2v) is 4.23. The lowest BCUT2D eigenvalue weighted by molar-refractivity contribution is -0.120. The molecule has 0 saturated carbocycles. The van der Waals surface area contributed by atoms with Crippen LogP contribution in [0.1, 0.15) is 20.8 Å². The third-order valence-corrected chi connectivity index (χ3v) is 2.08. The van der Waals surface area contributed by atoms with Crippen LogP contribution in [0.4, 0.5) is 0 Å². The highest BCUT2D eigenvalue weighted by atomic mass is 16.1. The van der Waals surface area contributed by atoms with Gasteiger partial charge in [0.15, 0.2) is 0 Å². The van der Waals surface area contributed by atoms with Crippen LogP contribution < -0.4 is 10.6 Å². The smallest absolute Gasteiger partial charge is 0.234 e. The minimum Gasteiger partial charge on any atom is -0.353 e. The summed E-state index contributed by atoms with van der Waals surface area (Å²) in [7, 11) is 0. The van der Waals surface area contributed by atoms with Crippen molar-refractivity contribution in [3.05, 3.63) is 18.5 Å². The molecular weight excluding hydrogens is 204 g/mol. The molecule has 16 heavy (non-hydrogen) atoms. The van der Waals surface area contributed by atoms with Crippen molar-refractivity contribution in [2.75, 3.05) is 6.54 Å². The zero-order chi connectivity index (χ0) is 12.0. The van der Waals surface area contributed by atoms with Gasteiger partial charge in [0.1, 0.15) is 0 Å². The van der Waals surface area contributed by atoms with Gasteiger partial charge in [0.25, 0.3) is 0 Å². The molecule has 1 amide bonds. The van der Waals surface area contributed by atoms with Crippen molar-refractivity contribution >= 4 is 5.91 Å². The molecule has 1 unspecified atom stereocenters. The van der Waals surface area contributed by atoms with Crippen molar-refractivity contribution in [1.29, 1.82) is 0 Å². The van der Waals surface area contributed by atoms with Gasteiger partial charge in [-0.1, -0.05) is 0 Å². The van der Waals surface area contributed by atoms with Gasteiger partial charge in [-0.15, -0.1) is 0 Å². The Kier molecular flexibility index (Phi) is 4.98. The molecule has 0 radical (unpaired) electrons. The predicted octanol–water partition coefficient (Wildman–Crippen LogP) is 0.386. The number of hydrogen-bond acceptors (Lipinski definition) is 3. The summed E-state index contributed by atoms with van der Waals surface area (Å²) < 4.78 is 1.85. The number of nitrogens with zero attached hydrogens (tertiary/aromatic N) is 2. The van der Waals surface area contributed by atoms with Crippen molar-refractivity contribution in [2.45, 2.75) is 39.4 Å². The van der Waals surface area contributed by atoms with E-state index < -0.39 is 0 Å². The first kappa shape index (κ1) is 12.7. The Balaban J connectivity index is 2.20. The van der Waals surface area contributed by atoms with Crippen LogP contribution in [0.2, 0.25) is 0 Å². The van der Waals surface area contributed by atoms with Crippen molar-refractivity contribution in [2.24, 2.45) is 0 Å². The maximum absolute atomic E-state index is 11.4. The molecule has 0 aliphatic heterocycles. The summed E-state index contributed by atoms with van der Waals surface area (Å²) in [5, 5.41) is 10.1. The topological polar surface area (TPSA) is 59.0 Å². The molecule has 90 valence electrons. The Morgan fingerprint density at radius 1 is 1.44 bits per heavy atom. The number of nitrogens with one attached hydrogen (secondary N) is 2. The summed E-state index contributed by atoms with van der Waals surface area (Å²) in [4.78, 5) is 11.4. The number of aromatic nitrogens is 2. The monoisotopic (exact) mass is 224 g/mol. The maximum Gasteiger partial charge on any atom is 0.234 e. The van der Waals surface area contributed by atoms with Gasteiger partial charge in [-0.05, 0) is 26.8 Å². The van der Waals surface area contributed by atoms with Gasteiger partial charge in [-0.25, -0.2) is 0 Å². The highest BCUT2D eigenvalue weighted by Gasteiger charge is 2.06. The lowest BCUT2D eigenvalue weighted by Gasteiger charge is -2.14. The molecule has 1 aromatic rings. The summed E-state index contributed by atoms with van der Waals surface area (Å²) >= 11 is 0. The predicted molar refractivity (Wildman–Crippen MR) is 63.0 cm³/mol. The Labute approximate surface area is 96.2 Å². The van der Waals surface area contributed by atoms with Crippen LogP contribution in [0.15, 0.2) is 18.5 Å². The second-order valence-electron chi connectivity index (χ2n) is 4.23. The average Bonchev–Trinajstić information content (AvgIpc) is 2.66. The van der Waals surface area contributed by atoms with Crippen LogP contribution >= 0.6 is 0 Å². The quantitative estimate of drug-likeness (QED) is 0.734. The van der Waals surface area contributed by atoms with Crippen molar-refractivity contribution in [3.63, 3.8) is 0 Å². The highest BCUT2D eigenvalue weighted by Crippen LogP contribution is 1.90. The molecule has 0 spiro atoms. The first-order valence-electron chi connectivity index (χ1n) is 5.58. The third kappa shape index (κ3) is 4.93. The molecule has 5 heteroatoms. The van der Waals surface area contributed by atoms with E-state index in [9.17, 15) is 4.79 Å². The molecule has 0 fully saturated rings. The van der Waals surface area contributed by atoms with Crippen LogP contribution in [0.5, 0.6) is 0 Å². The first-order chi connectivity index (χ1) is 7.58. The fourth-order valence-corrected chi connectivity index (χ4v) is 1.39. The van der Waals surface area contributed by atoms with E-state index >= 15 is 0 Å². The molecule has 5 nitrogen and oxygen atoms in total. The van der Waals surface area contributed by atoms with Crippen LogP contribution in [-0.2, 0) is 11.3 Å². The Morgan fingerprint density at radius 3 is 2.75 bits per heavy atom. The van der Waals surface area contributed by atoms with Gasteiger partial charge in [0.2, 0.25) is 5.91 Å². The number of amides is 1. The molecule has 0 aliphatic carbocycles. The molecule has 0 saturated heterocycles. The van der Waals surface area contributed by atoms with Crippen LogP contribution in [0.25, 0.3) is 0 Å². The van der Waals surface area contributed by atoms with Gasteiger partial charge < -0.3 is 10.6 Å². The van der Waals surface area contributed by atoms with Crippen LogP contribution in [0.3, 0.4) is 0 Å². The van der Waals surface area contributed by atoms with Crippen molar-refractivity contribution in [1.82, 2.24) is 20.4 Å². The number of hydrogen-bond donors (Lipinski definition) is 2. The summed E-state index contributed by atoms with van der Waals surface area (Å²) in [6, 6.07) is 2.30. The SMILES string of the molecule is CC(C)NC(=O)CNC(C)Cn1cccn1. The molecule has 0 aromatic carbocycles. The maximum atomic E-state index is 11.4. The van der Waals surface area contributed by atoms with Gasteiger partial charge in [-0.2, -0.15) is 5.10 Å². The van der Waals surface area contributed by atoms with E-state index in [-0.39, 0.29) is 18.0 Å². The Morgan fingerprint density at radius 2 is 2.19 bits per heavy atom. The van der Waals surface area contributed by atoms with Gasteiger partial charge >= 0.3 is 0 Å².